The number of thiophene rings is 1. The molecular formula is C20H20N4O2S. The predicted molar refractivity (Wildman–Crippen MR) is 103 cm³/mol. The summed E-state index contributed by atoms with van der Waals surface area (Å²) in [6.07, 6.45) is 9.60. The summed E-state index contributed by atoms with van der Waals surface area (Å²) in [4.78, 5) is 28.6. The summed E-state index contributed by atoms with van der Waals surface area (Å²) in [5.74, 6) is 0.0670. The zero-order valence-electron chi connectivity index (χ0n) is 14.9. The molecule has 0 saturated carbocycles. The van der Waals surface area contributed by atoms with Gasteiger partial charge in [0.05, 0.1) is 23.4 Å². The first-order valence-electron chi connectivity index (χ1n) is 9.21. The number of nitrogens with one attached hydrogen (secondary N) is 1. The summed E-state index contributed by atoms with van der Waals surface area (Å²) >= 11 is 1.76. The van der Waals surface area contributed by atoms with E-state index in [9.17, 15) is 4.79 Å². The molecule has 7 heteroatoms. The summed E-state index contributed by atoms with van der Waals surface area (Å²) in [6, 6.07) is 5.92. The number of piperidine rings is 1. The molecule has 1 saturated heterocycles. The molecule has 1 amide bonds. The Kier molecular flexibility index (Phi) is 4.06. The van der Waals surface area contributed by atoms with Gasteiger partial charge in [-0.3, -0.25) is 14.8 Å². The van der Waals surface area contributed by atoms with Crippen molar-refractivity contribution in [3.63, 3.8) is 0 Å². The van der Waals surface area contributed by atoms with E-state index in [0.29, 0.717) is 18.8 Å². The van der Waals surface area contributed by atoms with Crippen molar-refractivity contribution < 1.29 is 9.53 Å². The van der Waals surface area contributed by atoms with E-state index in [1.165, 1.54) is 10.4 Å². The maximum atomic E-state index is 12.6. The van der Waals surface area contributed by atoms with Crippen molar-refractivity contribution in [3.8, 4) is 10.6 Å². The Morgan fingerprint density at radius 1 is 1.30 bits per heavy atom. The highest BCUT2D eigenvalue weighted by Crippen LogP contribution is 2.47. The maximum absolute atomic E-state index is 12.6. The van der Waals surface area contributed by atoms with Crippen molar-refractivity contribution in [1.29, 1.82) is 0 Å². The fourth-order valence-electron chi connectivity index (χ4n) is 4.05. The second-order valence-electron chi connectivity index (χ2n) is 7.02. The maximum Gasteiger partial charge on any atom is 0.270 e. The van der Waals surface area contributed by atoms with Crippen LogP contribution in [0.25, 0.3) is 10.6 Å². The summed E-state index contributed by atoms with van der Waals surface area (Å²) in [7, 11) is 0. The summed E-state index contributed by atoms with van der Waals surface area (Å²) in [6.45, 7) is 2.14. The largest absolute Gasteiger partial charge is 0.369 e. The molecule has 1 fully saturated rings. The predicted octanol–water partition coefficient (Wildman–Crippen LogP) is 3.24. The van der Waals surface area contributed by atoms with Gasteiger partial charge in [-0.15, -0.1) is 11.3 Å². The number of hydrogen-bond acceptors (Lipinski definition) is 5. The molecule has 3 aromatic heterocycles. The van der Waals surface area contributed by atoms with E-state index in [1.54, 1.807) is 29.9 Å². The molecule has 1 N–H and O–H groups in total. The van der Waals surface area contributed by atoms with Gasteiger partial charge >= 0.3 is 0 Å². The molecule has 0 radical (unpaired) electrons. The van der Waals surface area contributed by atoms with Gasteiger partial charge in [-0.05, 0) is 43.0 Å². The lowest BCUT2D eigenvalue weighted by molar-refractivity contribution is -0.0906. The third-order valence-electron chi connectivity index (χ3n) is 5.47. The highest BCUT2D eigenvalue weighted by atomic mass is 32.1. The number of fused-ring (bicyclic) bond motifs is 2. The number of H-pyrrole nitrogens is 1. The molecule has 0 aliphatic carbocycles. The molecule has 5 heterocycles. The molecule has 138 valence electrons. The van der Waals surface area contributed by atoms with Crippen LogP contribution in [0.3, 0.4) is 0 Å². The Morgan fingerprint density at radius 3 is 2.93 bits per heavy atom. The zero-order chi connectivity index (χ0) is 18.3. The number of aromatic nitrogens is 3. The quantitative estimate of drug-likeness (QED) is 0.741. The monoisotopic (exact) mass is 380 g/mol. The van der Waals surface area contributed by atoms with E-state index < -0.39 is 0 Å². The van der Waals surface area contributed by atoms with Crippen LogP contribution in [0.4, 0.5) is 0 Å². The average Bonchev–Trinajstić information content (AvgIpc) is 3.40. The molecule has 3 aromatic rings. The van der Waals surface area contributed by atoms with Crippen LogP contribution in [0.1, 0.15) is 33.8 Å². The van der Waals surface area contributed by atoms with Crippen LogP contribution >= 0.6 is 11.3 Å². The summed E-state index contributed by atoms with van der Waals surface area (Å²) < 4.78 is 6.33. The third-order valence-corrected chi connectivity index (χ3v) is 6.86. The lowest BCUT2D eigenvalue weighted by Gasteiger charge is -2.43. The van der Waals surface area contributed by atoms with Crippen molar-refractivity contribution in [2.45, 2.75) is 24.9 Å². The fourth-order valence-corrected chi connectivity index (χ4v) is 5.42. The van der Waals surface area contributed by atoms with Gasteiger partial charge in [-0.25, -0.2) is 0 Å². The molecule has 6 nitrogen and oxygen atoms in total. The smallest absolute Gasteiger partial charge is 0.270 e. The molecule has 0 atom stereocenters. The number of rotatable bonds is 2. The molecule has 0 unspecified atom stereocenters. The van der Waals surface area contributed by atoms with Crippen LogP contribution in [0, 0.1) is 0 Å². The van der Waals surface area contributed by atoms with Gasteiger partial charge in [-0.2, -0.15) is 0 Å². The minimum Gasteiger partial charge on any atom is -0.369 e. The molecule has 0 bridgehead atoms. The second kappa shape index (κ2) is 6.58. The highest BCUT2D eigenvalue weighted by Gasteiger charge is 2.43. The van der Waals surface area contributed by atoms with Gasteiger partial charge in [-0.1, -0.05) is 0 Å². The van der Waals surface area contributed by atoms with Gasteiger partial charge in [0.15, 0.2) is 0 Å². The van der Waals surface area contributed by atoms with Crippen LogP contribution in [-0.4, -0.2) is 45.5 Å². The number of amides is 1. The molecule has 5 rings (SSSR count). The Labute approximate surface area is 161 Å². The van der Waals surface area contributed by atoms with Crippen LogP contribution in [0.15, 0.2) is 43.0 Å². The first-order valence-corrected chi connectivity index (χ1v) is 10.0. The van der Waals surface area contributed by atoms with E-state index >= 15 is 0 Å². The summed E-state index contributed by atoms with van der Waals surface area (Å²) in [5.41, 5.74) is 2.64. The minimum atomic E-state index is -0.273. The Balaban J connectivity index is 1.40. The normalized spacial score (nSPS) is 18.4. The van der Waals surface area contributed by atoms with Crippen molar-refractivity contribution in [2.24, 2.45) is 0 Å². The van der Waals surface area contributed by atoms with E-state index in [4.69, 9.17) is 4.74 Å². The van der Waals surface area contributed by atoms with E-state index in [0.717, 1.165) is 36.4 Å². The van der Waals surface area contributed by atoms with Gasteiger partial charge in [0, 0.05) is 36.6 Å². The minimum absolute atomic E-state index is 0.0670. The summed E-state index contributed by atoms with van der Waals surface area (Å²) in [5, 5.41) is 0. The van der Waals surface area contributed by atoms with Crippen LogP contribution in [0.2, 0.25) is 0 Å². The number of likely N-dealkylation sites (tertiary alicyclic amines) is 1. The first kappa shape index (κ1) is 16.6. The van der Waals surface area contributed by atoms with Crippen molar-refractivity contribution >= 4 is 17.2 Å². The highest BCUT2D eigenvalue weighted by molar-refractivity contribution is 7.15. The van der Waals surface area contributed by atoms with E-state index in [1.807, 2.05) is 23.2 Å². The molecular weight excluding hydrogens is 360 g/mol. The fraction of sp³-hybridized carbons (Fsp3) is 0.350. The molecule has 2 aliphatic rings. The number of ether oxygens (including phenoxy) is 1. The third kappa shape index (κ3) is 2.87. The topological polar surface area (TPSA) is 71.1 Å². The Bertz CT molecular complexity index is 944. The van der Waals surface area contributed by atoms with Gasteiger partial charge in [0.1, 0.15) is 11.3 Å². The number of nitrogens with zero attached hydrogens (tertiary/aromatic N) is 3. The lowest BCUT2D eigenvalue weighted by atomic mass is 9.85. The zero-order valence-corrected chi connectivity index (χ0v) is 15.7. The standard InChI is InChI=1S/C20H20N4O2S/c25-19(15-2-1-6-22-15)24-9-4-20(5-10-24)18-14(3-11-26-20)12-17(27-18)16-13-21-7-8-23-16/h1-2,6-8,12-13,22H,3-5,9-11H2. The lowest BCUT2D eigenvalue weighted by Crippen LogP contribution is -2.47. The molecule has 1 spiro atoms. The Morgan fingerprint density at radius 2 is 2.19 bits per heavy atom. The van der Waals surface area contributed by atoms with Gasteiger partial charge in [0.2, 0.25) is 0 Å². The van der Waals surface area contributed by atoms with Crippen LogP contribution in [-0.2, 0) is 16.8 Å². The van der Waals surface area contributed by atoms with Crippen LogP contribution < -0.4 is 0 Å². The number of carbonyl (C=O) groups excluding carboxylic acids is 1. The van der Waals surface area contributed by atoms with E-state index in [2.05, 4.69) is 21.0 Å². The Hall–Kier alpha value is -2.51. The number of hydrogen-bond donors (Lipinski definition) is 1. The number of carbonyl (C=O) groups is 1. The first-order chi connectivity index (χ1) is 13.3. The van der Waals surface area contributed by atoms with Crippen LogP contribution in [0.5, 0.6) is 0 Å². The van der Waals surface area contributed by atoms with Crippen molar-refractivity contribution in [3.05, 3.63) is 59.1 Å². The van der Waals surface area contributed by atoms with Gasteiger partial charge < -0.3 is 14.6 Å². The SMILES string of the molecule is O=C(c1ccc[nH]1)N1CCC2(CC1)OCCc1cc(-c3cnccn3)sc12. The van der Waals surface area contributed by atoms with Crippen molar-refractivity contribution in [2.75, 3.05) is 19.7 Å². The van der Waals surface area contributed by atoms with E-state index in [-0.39, 0.29) is 11.5 Å². The second-order valence-corrected chi connectivity index (χ2v) is 8.08. The molecule has 0 aromatic carbocycles. The van der Waals surface area contributed by atoms with Crippen molar-refractivity contribution in [1.82, 2.24) is 19.9 Å². The average molecular weight is 380 g/mol. The number of aromatic amines is 1. The van der Waals surface area contributed by atoms with Gasteiger partial charge in [0.25, 0.3) is 5.91 Å². The molecule has 27 heavy (non-hydrogen) atoms. The molecule has 2 aliphatic heterocycles.